The van der Waals surface area contributed by atoms with Crippen LogP contribution in [-0.2, 0) is 17.4 Å². The number of carbonyl (C=O) groups excluding carboxylic acids is 2. The Kier molecular flexibility index (Phi) is 6.00. The number of aromatic nitrogens is 3. The van der Waals surface area contributed by atoms with Gasteiger partial charge in [0, 0.05) is 24.9 Å². The quantitative estimate of drug-likeness (QED) is 0.493. The maximum absolute atomic E-state index is 13.0. The summed E-state index contributed by atoms with van der Waals surface area (Å²) in [5, 5.41) is 6.72. The molecule has 1 amide bonds. The fourth-order valence-electron chi connectivity index (χ4n) is 3.08. The van der Waals surface area contributed by atoms with Crippen molar-refractivity contribution in [3.63, 3.8) is 0 Å². The van der Waals surface area contributed by atoms with Crippen LogP contribution in [0.2, 0.25) is 0 Å². The molecular weight excluding hydrogens is 397 g/mol. The van der Waals surface area contributed by atoms with E-state index in [1.165, 1.54) is 30.7 Å². The summed E-state index contributed by atoms with van der Waals surface area (Å²) in [6.45, 7) is 3.29. The standard InChI is InChI=1S/C21H19F3N4O2/c1-13-18(19(29)20(30)26-11-9-16-7-3-4-10-25-16)14(2)28(27-13)17-8-5-6-15(12-17)21(22,23)24/h3-8,10,12H,9,11H2,1-2H3,(H,26,30). The summed E-state index contributed by atoms with van der Waals surface area (Å²) in [5.74, 6) is -1.59. The molecule has 0 aliphatic rings. The van der Waals surface area contributed by atoms with Crippen LogP contribution in [0.25, 0.3) is 5.69 Å². The number of amides is 1. The maximum Gasteiger partial charge on any atom is 0.416 e. The zero-order valence-corrected chi connectivity index (χ0v) is 16.3. The zero-order chi connectivity index (χ0) is 21.9. The summed E-state index contributed by atoms with van der Waals surface area (Å²) in [7, 11) is 0. The second kappa shape index (κ2) is 8.48. The van der Waals surface area contributed by atoms with Gasteiger partial charge in [-0.1, -0.05) is 12.1 Å². The predicted octanol–water partition coefficient (Wildman–Crippen LogP) is 3.44. The van der Waals surface area contributed by atoms with Gasteiger partial charge in [-0.15, -0.1) is 0 Å². The largest absolute Gasteiger partial charge is 0.416 e. The molecule has 0 aliphatic carbocycles. The fraction of sp³-hybridized carbons (Fsp3) is 0.238. The third kappa shape index (κ3) is 4.56. The van der Waals surface area contributed by atoms with Crippen molar-refractivity contribution in [1.29, 1.82) is 0 Å². The van der Waals surface area contributed by atoms with Crippen molar-refractivity contribution >= 4 is 11.7 Å². The van der Waals surface area contributed by atoms with Crippen LogP contribution >= 0.6 is 0 Å². The molecule has 30 heavy (non-hydrogen) atoms. The molecule has 0 bridgehead atoms. The molecule has 0 saturated carbocycles. The van der Waals surface area contributed by atoms with Gasteiger partial charge < -0.3 is 5.32 Å². The lowest BCUT2D eigenvalue weighted by atomic mass is 10.1. The molecule has 156 valence electrons. The highest BCUT2D eigenvalue weighted by molar-refractivity contribution is 6.43. The van der Waals surface area contributed by atoms with E-state index in [-0.39, 0.29) is 29.2 Å². The normalized spacial score (nSPS) is 11.4. The molecule has 0 radical (unpaired) electrons. The lowest BCUT2D eigenvalue weighted by Gasteiger charge is -2.10. The highest BCUT2D eigenvalue weighted by atomic mass is 19.4. The van der Waals surface area contributed by atoms with E-state index in [0.717, 1.165) is 17.8 Å². The lowest BCUT2D eigenvalue weighted by Crippen LogP contribution is -2.33. The number of nitrogens with zero attached hydrogens (tertiary/aromatic N) is 3. The van der Waals surface area contributed by atoms with Crippen molar-refractivity contribution in [3.8, 4) is 5.69 Å². The van der Waals surface area contributed by atoms with Crippen LogP contribution in [0.1, 0.15) is 33.0 Å². The number of aryl methyl sites for hydroxylation is 1. The van der Waals surface area contributed by atoms with Crippen LogP contribution in [0, 0.1) is 13.8 Å². The number of Topliss-reactive ketones (excluding diaryl/α,β-unsaturated/α-hetero) is 1. The van der Waals surface area contributed by atoms with Gasteiger partial charge in [-0.3, -0.25) is 14.6 Å². The summed E-state index contributed by atoms with van der Waals surface area (Å²) in [6.07, 6.45) is -2.41. The molecule has 2 heterocycles. The molecule has 0 spiro atoms. The molecule has 1 aromatic carbocycles. The summed E-state index contributed by atoms with van der Waals surface area (Å²) >= 11 is 0. The number of halogens is 3. The Morgan fingerprint density at radius 3 is 2.53 bits per heavy atom. The van der Waals surface area contributed by atoms with Gasteiger partial charge in [-0.05, 0) is 44.2 Å². The van der Waals surface area contributed by atoms with Crippen LogP contribution in [-0.4, -0.2) is 33.0 Å². The molecule has 6 nitrogen and oxygen atoms in total. The Balaban J connectivity index is 1.78. The Labute approximate surface area is 170 Å². The minimum Gasteiger partial charge on any atom is -0.349 e. The van der Waals surface area contributed by atoms with Crippen molar-refractivity contribution < 1.29 is 22.8 Å². The third-order valence-corrected chi connectivity index (χ3v) is 4.54. The van der Waals surface area contributed by atoms with E-state index >= 15 is 0 Å². The molecule has 2 aromatic heterocycles. The number of hydrogen-bond donors (Lipinski definition) is 1. The van der Waals surface area contributed by atoms with Crippen molar-refractivity contribution in [1.82, 2.24) is 20.1 Å². The molecule has 0 saturated heterocycles. The van der Waals surface area contributed by atoms with Crippen LogP contribution in [0.15, 0.2) is 48.7 Å². The van der Waals surface area contributed by atoms with Gasteiger partial charge in [0.05, 0.1) is 28.2 Å². The number of hydrogen-bond acceptors (Lipinski definition) is 4. The first-order chi connectivity index (χ1) is 14.2. The number of carbonyl (C=O) groups is 2. The molecule has 0 aliphatic heterocycles. The molecule has 0 unspecified atom stereocenters. The highest BCUT2D eigenvalue weighted by Gasteiger charge is 2.31. The first kappa shape index (κ1) is 21.2. The molecule has 3 aromatic rings. The summed E-state index contributed by atoms with van der Waals surface area (Å²) < 4.78 is 40.2. The average molecular weight is 416 g/mol. The van der Waals surface area contributed by atoms with E-state index in [2.05, 4.69) is 15.4 Å². The minimum absolute atomic E-state index is 0.0720. The molecule has 3 rings (SSSR count). The first-order valence-corrected chi connectivity index (χ1v) is 9.14. The zero-order valence-electron chi connectivity index (χ0n) is 16.3. The number of rotatable bonds is 6. The molecular formula is C21H19F3N4O2. The summed E-state index contributed by atoms with van der Waals surface area (Å²) in [5.41, 5.74) is 0.719. The van der Waals surface area contributed by atoms with Crippen LogP contribution in [0.3, 0.4) is 0 Å². The van der Waals surface area contributed by atoms with Crippen molar-refractivity contribution in [3.05, 3.63) is 76.9 Å². The number of ketones is 1. The second-order valence-electron chi connectivity index (χ2n) is 6.66. The monoisotopic (exact) mass is 416 g/mol. The van der Waals surface area contributed by atoms with Gasteiger partial charge in [0.2, 0.25) is 0 Å². The fourth-order valence-corrected chi connectivity index (χ4v) is 3.08. The van der Waals surface area contributed by atoms with E-state index < -0.39 is 23.4 Å². The molecule has 0 fully saturated rings. The van der Waals surface area contributed by atoms with Gasteiger partial charge in [0.25, 0.3) is 11.7 Å². The van der Waals surface area contributed by atoms with E-state index in [4.69, 9.17) is 0 Å². The van der Waals surface area contributed by atoms with Crippen LogP contribution in [0.5, 0.6) is 0 Å². The number of alkyl halides is 3. The Morgan fingerprint density at radius 2 is 1.87 bits per heavy atom. The summed E-state index contributed by atoms with van der Waals surface area (Å²) in [4.78, 5) is 29.1. The highest BCUT2D eigenvalue weighted by Crippen LogP contribution is 2.30. The van der Waals surface area contributed by atoms with Gasteiger partial charge in [0.1, 0.15) is 0 Å². The van der Waals surface area contributed by atoms with Gasteiger partial charge in [0.15, 0.2) is 0 Å². The predicted molar refractivity (Wildman–Crippen MR) is 103 cm³/mol. The van der Waals surface area contributed by atoms with E-state index in [1.54, 1.807) is 18.3 Å². The van der Waals surface area contributed by atoms with E-state index in [9.17, 15) is 22.8 Å². The second-order valence-corrected chi connectivity index (χ2v) is 6.66. The smallest absolute Gasteiger partial charge is 0.349 e. The number of pyridine rings is 1. The van der Waals surface area contributed by atoms with Crippen molar-refractivity contribution in [2.24, 2.45) is 0 Å². The number of nitrogens with one attached hydrogen (secondary N) is 1. The van der Waals surface area contributed by atoms with Crippen LogP contribution < -0.4 is 5.32 Å². The Morgan fingerprint density at radius 1 is 1.10 bits per heavy atom. The molecule has 9 heteroatoms. The minimum atomic E-state index is -4.50. The molecule has 1 N–H and O–H groups in total. The van der Waals surface area contributed by atoms with Gasteiger partial charge in [-0.25, -0.2) is 4.68 Å². The Hall–Kier alpha value is -3.49. The Bertz CT molecular complexity index is 1080. The average Bonchev–Trinajstić information content (AvgIpc) is 3.01. The maximum atomic E-state index is 13.0. The van der Waals surface area contributed by atoms with E-state index in [1.807, 2.05) is 6.07 Å². The van der Waals surface area contributed by atoms with Crippen molar-refractivity contribution in [2.75, 3.05) is 6.54 Å². The lowest BCUT2D eigenvalue weighted by molar-refractivity contribution is -0.137. The third-order valence-electron chi connectivity index (χ3n) is 4.54. The topological polar surface area (TPSA) is 76.9 Å². The van der Waals surface area contributed by atoms with Gasteiger partial charge >= 0.3 is 6.18 Å². The first-order valence-electron chi connectivity index (χ1n) is 9.14. The van der Waals surface area contributed by atoms with E-state index in [0.29, 0.717) is 6.42 Å². The van der Waals surface area contributed by atoms with Crippen molar-refractivity contribution in [2.45, 2.75) is 26.4 Å². The number of benzene rings is 1. The van der Waals surface area contributed by atoms with Crippen LogP contribution in [0.4, 0.5) is 13.2 Å². The summed E-state index contributed by atoms with van der Waals surface area (Å²) in [6, 6.07) is 10.0. The molecule has 0 atom stereocenters. The SMILES string of the molecule is Cc1nn(-c2cccc(C(F)(F)F)c2)c(C)c1C(=O)C(=O)NCCc1ccccn1. The van der Waals surface area contributed by atoms with Gasteiger partial charge in [-0.2, -0.15) is 18.3 Å².